The molecule has 0 unspecified atom stereocenters. The summed E-state index contributed by atoms with van der Waals surface area (Å²) < 4.78 is 0. The maximum absolute atomic E-state index is 9.39. The van der Waals surface area contributed by atoms with E-state index in [1.165, 1.54) is 5.56 Å². The predicted molar refractivity (Wildman–Crippen MR) is 49.4 cm³/mol. The van der Waals surface area contributed by atoms with Gasteiger partial charge in [0, 0.05) is 6.07 Å². The quantitative estimate of drug-likeness (QED) is 0.584. The van der Waals surface area contributed by atoms with Crippen molar-refractivity contribution in [2.75, 3.05) is 5.73 Å². The van der Waals surface area contributed by atoms with Gasteiger partial charge in [0.1, 0.15) is 0 Å². The van der Waals surface area contributed by atoms with E-state index in [-0.39, 0.29) is 0 Å². The summed E-state index contributed by atoms with van der Waals surface area (Å²) in [5, 5.41) is 17.0. The number of nitrogens with one attached hydrogen (secondary N) is 1. The molecule has 1 aromatic rings. The van der Waals surface area contributed by atoms with Gasteiger partial charge in [-0.2, -0.15) is 0 Å². The molecule has 0 saturated heterocycles. The third-order valence-electron chi connectivity index (χ3n) is 1.29. The first-order valence-corrected chi connectivity index (χ1v) is 4.07. The first kappa shape index (κ1) is 12.9. The van der Waals surface area contributed by atoms with Crippen LogP contribution in [0.2, 0.25) is 0 Å². The zero-order valence-electron chi connectivity index (χ0n) is 8.19. The fourth-order valence-corrected chi connectivity index (χ4v) is 0.638. The van der Waals surface area contributed by atoms with E-state index in [0.29, 0.717) is 5.82 Å². The molecule has 0 spiro atoms. The summed E-state index contributed by atoms with van der Waals surface area (Å²) in [4.78, 5) is 21.6. The van der Waals surface area contributed by atoms with E-state index >= 15 is 0 Å². The summed E-state index contributed by atoms with van der Waals surface area (Å²) in [6.45, 7) is 2.01. The Morgan fingerprint density at radius 3 is 2.33 bits per heavy atom. The average Bonchev–Trinajstić information content (AvgIpc) is 2.09. The molecule has 6 heteroatoms. The first-order chi connectivity index (χ1) is 6.91. The molecule has 6 nitrogen and oxygen atoms in total. The van der Waals surface area contributed by atoms with E-state index in [1.807, 2.05) is 25.3 Å². The standard InChI is InChI=1S/C6H8N2.C3H4O4/c1-5-2-3-6(7)8-4-5;4-2(5)1-3(6)7/h2-4H,1H3,(H2,7,8);1H2,(H,4,5)(H,6,7). The summed E-state index contributed by atoms with van der Waals surface area (Å²) in [5.74, 6) is -2.23. The second-order valence-electron chi connectivity index (χ2n) is 2.76. The van der Waals surface area contributed by atoms with Crippen molar-refractivity contribution in [1.29, 1.82) is 0 Å². The lowest BCUT2D eigenvalue weighted by atomic mass is 10.3. The molecular weight excluding hydrogens is 200 g/mol. The van der Waals surface area contributed by atoms with Crippen LogP contribution in [-0.4, -0.2) is 17.0 Å². The number of aromatic amines is 1. The molecule has 0 aromatic carbocycles. The summed E-state index contributed by atoms with van der Waals surface area (Å²) in [6, 6.07) is 3.81. The Balaban J connectivity index is 0.000000265. The van der Waals surface area contributed by atoms with Crippen molar-refractivity contribution in [1.82, 2.24) is 0 Å². The van der Waals surface area contributed by atoms with Crippen LogP contribution in [0.1, 0.15) is 12.0 Å². The minimum Gasteiger partial charge on any atom is -0.550 e. The van der Waals surface area contributed by atoms with E-state index in [9.17, 15) is 14.7 Å². The molecule has 1 rings (SSSR count). The molecule has 0 bridgehead atoms. The van der Waals surface area contributed by atoms with Crippen molar-refractivity contribution in [3.8, 4) is 0 Å². The fourth-order valence-electron chi connectivity index (χ4n) is 0.638. The zero-order valence-corrected chi connectivity index (χ0v) is 8.19. The molecule has 0 aliphatic carbocycles. The molecular formula is C9H12N2O4. The summed E-state index contributed by atoms with van der Waals surface area (Å²) in [5.41, 5.74) is 6.56. The van der Waals surface area contributed by atoms with Crippen LogP contribution in [0.15, 0.2) is 18.3 Å². The lowest BCUT2D eigenvalue weighted by molar-refractivity contribution is -0.360. The van der Waals surface area contributed by atoms with Gasteiger partial charge in [-0.1, -0.05) is 0 Å². The highest BCUT2D eigenvalue weighted by Crippen LogP contribution is 1.92. The second kappa shape index (κ2) is 6.36. The second-order valence-corrected chi connectivity index (χ2v) is 2.76. The van der Waals surface area contributed by atoms with Crippen molar-refractivity contribution in [2.45, 2.75) is 13.3 Å². The molecule has 0 saturated carbocycles. The largest absolute Gasteiger partial charge is 0.550 e. The number of aliphatic carboxylic acids is 2. The molecule has 0 radical (unpaired) electrons. The number of anilines is 1. The third-order valence-corrected chi connectivity index (χ3v) is 1.29. The van der Waals surface area contributed by atoms with Gasteiger partial charge in [0.05, 0.1) is 18.6 Å². The molecule has 15 heavy (non-hydrogen) atoms. The number of nitrogens with two attached hydrogens (primary N) is 1. The highest BCUT2D eigenvalue weighted by Gasteiger charge is 1.92. The Morgan fingerprint density at radius 1 is 1.53 bits per heavy atom. The smallest absolute Gasteiger partial charge is 0.309 e. The summed E-state index contributed by atoms with van der Waals surface area (Å²) in [7, 11) is 0. The van der Waals surface area contributed by atoms with Crippen molar-refractivity contribution in [2.24, 2.45) is 0 Å². The molecule has 0 atom stereocenters. The molecule has 0 aliphatic heterocycles. The Morgan fingerprint density at radius 2 is 2.13 bits per heavy atom. The van der Waals surface area contributed by atoms with Gasteiger partial charge in [0.2, 0.25) is 0 Å². The third kappa shape index (κ3) is 8.23. The number of rotatable bonds is 2. The average molecular weight is 212 g/mol. The highest BCUT2D eigenvalue weighted by atomic mass is 16.4. The molecule has 1 aromatic heterocycles. The van der Waals surface area contributed by atoms with Gasteiger partial charge in [0.25, 0.3) is 5.82 Å². The topological polar surface area (TPSA) is 118 Å². The molecule has 0 amide bonds. The Bertz CT molecular complexity index is 301. The van der Waals surface area contributed by atoms with Gasteiger partial charge in [-0.15, -0.1) is 0 Å². The predicted octanol–water partition coefficient (Wildman–Crippen LogP) is -1.40. The van der Waals surface area contributed by atoms with Crippen LogP contribution in [0.25, 0.3) is 0 Å². The minimum atomic E-state index is -1.56. The maximum Gasteiger partial charge on any atom is 0.309 e. The van der Waals surface area contributed by atoms with E-state index in [0.717, 1.165) is 0 Å². The number of carbonyl (C=O) groups excluding carboxylic acids is 1. The normalized spacial score (nSPS) is 8.60. The molecule has 0 fully saturated rings. The van der Waals surface area contributed by atoms with Crippen molar-refractivity contribution >= 4 is 17.8 Å². The van der Waals surface area contributed by atoms with Gasteiger partial charge in [-0.25, -0.2) is 4.98 Å². The van der Waals surface area contributed by atoms with Gasteiger partial charge >= 0.3 is 5.97 Å². The Kier molecular flexibility index (Phi) is 5.47. The number of carboxylic acids is 2. The first-order valence-electron chi connectivity index (χ1n) is 4.07. The lowest BCUT2D eigenvalue weighted by Crippen LogP contribution is -2.24. The monoisotopic (exact) mass is 212 g/mol. The number of aromatic nitrogens is 1. The number of carbonyl (C=O) groups is 2. The van der Waals surface area contributed by atoms with Gasteiger partial charge in [-0.3, -0.25) is 10.5 Å². The highest BCUT2D eigenvalue weighted by molar-refractivity contribution is 5.87. The summed E-state index contributed by atoms with van der Waals surface area (Å²) >= 11 is 0. The number of hydrogen-bond acceptors (Lipinski definition) is 4. The molecule has 1 heterocycles. The van der Waals surface area contributed by atoms with Crippen LogP contribution in [0, 0.1) is 6.92 Å². The maximum atomic E-state index is 9.39. The van der Waals surface area contributed by atoms with Gasteiger partial charge in [-0.05, 0) is 18.6 Å². The SMILES string of the molecule is Cc1ccc(N)[nH+]c1.O=C([O-])CC(=O)O. The van der Waals surface area contributed by atoms with E-state index in [1.54, 1.807) is 0 Å². The number of pyridine rings is 1. The zero-order chi connectivity index (χ0) is 11.8. The van der Waals surface area contributed by atoms with Crippen LogP contribution >= 0.6 is 0 Å². The van der Waals surface area contributed by atoms with Crippen LogP contribution in [0.5, 0.6) is 0 Å². The van der Waals surface area contributed by atoms with E-state index in [4.69, 9.17) is 10.8 Å². The molecule has 0 aliphatic rings. The van der Waals surface area contributed by atoms with Crippen molar-refractivity contribution in [3.63, 3.8) is 0 Å². The number of carboxylic acid groups (broad SMARTS) is 2. The Hall–Kier alpha value is -2.11. The lowest BCUT2D eigenvalue weighted by Gasteiger charge is -1.91. The number of hydrogen-bond donors (Lipinski definition) is 2. The van der Waals surface area contributed by atoms with E-state index in [2.05, 4.69) is 4.98 Å². The van der Waals surface area contributed by atoms with Gasteiger partial charge in [0.15, 0.2) is 0 Å². The van der Waals surface area contributed by atoms with Crippen molar-refractivity contribution < 1.29 is 24.8 Å². The van der Waals surface area contributed by atoms with Crippen LogP contribution in [-0.2, 0) is 9.59 Å². The van der Waals surface area contributed by atoms with E-state index < -0.39 is 18.4 Å². The van der Waals surface area contributed by atoms with Crippen LogP contribution in [0.4, 0.5) is 5.82 Å². The summed E-state index contributed by atoms with van der Waals surface area (Å²) in [6.07, 6.45) is 0.954. The van der Waals surface area contributed by atoms with Crippen LogP contribution in [0.3, 0.4) is 0 Å². The van der Waals surface area contributed by atoms with Gasteiger partial charge < -0.3 is 15.0 Å². The van der Waals surface area contributed by atoms with Crippen molar-refractivity contribution in [3.05, 3.63) is 23.9 Å². The fraction of sp³-hybridized carbons (Fsp3) is 0.222. The molecule has 82 valence electrons. The number of aryl methyl sites for hydroxylation is 1. The Labute approximate surface area is 86.4 Å². The van der Waals surface area contributed by atoms with Crippen LogP contribution < -0.4 is 15.8 Å². The number of H-pyrrole nitrogens is 1. The number of nitrogen functional groups attached to an aromatic ring is 1. The minimum absolute atomic E-state index is 0.704. The molecule has 4 N–H and O–H groups in total.